The first-order valence-electron chi connectivity index (χ1n) is 9.89. The maximum absolute atomic E-state index is 12.5. The minimum atomic E-state index is -3.44. The molecule has 0 fully saturated rings. The molecule has 0 saturated heterocycles. The minimum absolute atomic E-state index is 0.0550. The predicted octanol–water partition coefficient (Wildman–Crippen LogP) is 1.66. The summed E-state index contributed by atoms with van der Waals surface area (Å²) in [6.07, 6.45) is 2.26. The summed E-state index contributed by atoms with van der Waals surface area (Å²) in [6.45, 7) is 6.53. The molecule has 0 spiro atoms. The third kappa shape index (κ3) is 7.71. The Morgan fingerprint density at radius 3 is 2.61 bits per heavy atom. The fraction of sp³-hybridized carbons (Fsp3) is 0.273. The smallest absolute Gasteiger partial charge is 0.263 e. The van der Waals surface area contributed by atoms with Crippen molar-refractivity contribution in [2.45, 2.75) is 25.0 Å². The number of hydrogen-bond donors (Lipinski definition) is 3. The van der Waals surface area contributed by atoms with Crippen molar-refractivity contribution in [3.05, 3.63) is 54.9 Å². The van der Waals surface area contributed by atoms with Crippen LogP contribution < -0.4 is 20.2 Å². The number of aromatic nitrogens is 1. The van der Waals surface area contributed by atoms with Crippen molar-refractivity contribution < 1.29 is 27.8 Å². The Morgan fingerprint density at radius 1 is 1.27 bits per heavy atom. The minimum Gasteiger partial charge on any atom is -0.488 e. The number of sulfone groups is 1. The van der Waals surface area contributed by atoms with Gasteiger partial charge in [0.1, 0.15) is 23.4 Å². The van der Waals surface area contributed by atoms with Crippen molar-refractivity contribution in [2.75, 3.05) is 19.4 Å². The topological polar surface area (TPSA) is 130 Å². The Labute approximate surface area is 193 Å². The van der Waals surface area contributed by atoms with Crippen LogP contribution in [0.4, 0.5) is 0 Å². The molecule has 0 unspecified atom stereocenters. The number of hydrazine groups is 1. The number of ether oxygens (including phenoxy) is 2. The molecule has 11 heteroatoms. The average molecular weight is 475 g/mol. The number of pyridine rings is 1. The van der Waals surface area contributed by atoms with Crippen LogP contribution in [0.3, 0.4) is 0 Å². The lowest BCUT2D eigenvalue weighted by Crippen LogP contribution is -2.25. The zero-order chi connectivity index (χ0) is 24.4. The molecule has 0 aliphatic carbocycles. The van der Waals surface area contributed by atoms with Crippen molar-refractivity contribution >= 4 is 15.7 Å². The van der Waals surface area contributed by atoms with E-state index in [2.05, 4.69) is 34.4 Å². The summed E-state index contributed by atoms with van der Waals surface area (Å²) in [7, 11) is -1.75. The van der Waals surface area contributed by atoms with Gasteiger partial charge in [-0.25, -0.2) is 13.4 Å². The van der Waals surface area contributed by atoms with Gasteiger partial charge >= 0.3 is 0 Å². The van der Waals surface area contributed by atoms with Crippen molar-refractivity contribution in [1.29, 1.82) is 0 Å². The second-order valence-corrected chi connectivity index (χ2v) is 8.98. The zero-order valence-corrected chi connectivity index (χ0v) is 19.3. The van der Waals surface area contributed by atoms with Crippen LogP contribution in [0.1, 0.15) is 24.2 Å². The van der Waals surface area contributed by atoms with Crippen LogP contribution >= 0.6 is 0 Å². The Morgan fingerprint density at radius 2 is 2.00 bits per heavy atom. The van der Waals surface area contributed by atoms with E-state index < -0.39 is 21.8 Å². The highest BCUT2D eigenvalue weighted by Crippen LogP contribution is 2.28. The summed E-state index contributed by atoms with van der Waals surface area (Å²) in [4.78, 5) is 16.5. The number of carbonyl (C=O) groups excluding carboxylic acids is 1. The Hall–Kier alpha value is -3.75. The standard InChI is InChI=1S/C22H26N4O6S/c1-5-26(4)25-10-9-23-22(28)17-11-19(31-16(3)15-27)13-20(12-17)32-18-7-8-21(24-14-18)33(29,30)6-2/h5,7-8,11-14,16,25,27H,1,6,15H2,2-4H3,(H,23,28)/t16-/m0/s1. The van der Waals surface area contributed by atoms with Gasteiger partial charge < -0.3 is 14.6 Å². The molecule has 0 aliphatic heterocycles. The molecule has 0 radical (unpaired) electrons. The van der Waals surface area contributed by atoms with E-state index in [1.807, 2.05) is 0 Å². The number of nitrogens with zero attached hydrogens (tertiary/aromatic N) is 2. The SMILES string of the molecule is C=CN(C)NC#CNC(=O)c1cc(Oc2ccc(S(=O)(=O)CC)nc2)cc(O[C@@H](C)CO)c1. The number of aliphatic hydroxyl groups is 1. The lowest BCUT2D eigenvalue weighted by molar-refractivity contribution is 0.0971. The second kappa shape index (κ2) is 11.8. The van der Waals surface area contributed by atoms with Crippen LogP contribution in [-0.2, 0) is 9.84 Å². The highest BCUT2D eigenvalue weighted by Gasteiger charge is 2.15. The summed E-state index contributed by atoms with van der Waals surface area (Å²) in [5.41, 5.74) is 2.85. The largest absolute Gasteiger partial charge is 0.488 e. The van der Waals surface area contributed by atoms with Gasteiger partial charge in [-0.05, 0) is 31.2 Å². The fourth-order valence-corrected chi connectivity index (χ4v) is 3.10. The quantitative estimate of drug-likeness (QED) is 0.267. The Bertz CT molecular complexity index is 1140. The molecule has 33 heavy (non-hydrogen) atoms. The number of aliphatic hydroxyl groups excluding tert-OH is 1. The summed E-state index contributed by atoms with van der Waals surface area (Å²) in [5.74, 6) is 0.215. The van der Waals surface area contributed by atoms with Gasteiger partial charge in [0.05, 0.1) is 18.6 Å². The number of rotatable bonds is 10. The van der Waals surface area contributed by atoms with E-state index in [0.717, 1.165) is 0 Å². The molecule has 0 aliphatic rings. The van der Waals surface area contributed by atoms with Gasteiger partial charge in [-0.3, -0.25) is 20.5 Å². The molecule has 1 aromatic heterocycles. The summed E-state index contributed by atoms with van der Waals surface area (Å²) < 4.78 is 35.2. The van der Waals surface area contributed by atoms with Crippen molar-refractivity contribution in [2.24, 2.45) is 0 Å². The molecule has 1 atom stereocenters. The lowest BCUT2D eigenvalue weighted by atomic mass is 10.2. The molecule has 1 amide bonds. The van der Waals surface area contributed by atoms with Crippen molar-refractivity contribution in [1.82, 2.24) is 20.7 Å². The first-order valence-corrected chi connectivity index (χ1v) is 11.5. The van der Waals surface area contributed by atoms with Gasteiger partial charge in [0.2, 0.25) is 0 Å². The normalized spacial score (nSPS) is 11.4. The zero-order valence-electron chi connectivity index (χ0n) is 18.5. The van der Waals surface area contributed by atoms with E-state index in [0.29, 0.717) is 0 Å². The fourth-order valence-electron chi connectivity index (χ4n) is 2.32. The predicted molar refractivity (Wildman–Crippen MR) is 122 cm³/mol. The molecule has 1 aromatic carbocycles. The first kappa shape index (κ1) is 25.5. The number of hydrogen-bond acceptors (Lipinski definition) is 9. The molecule has 176 valence electrons. The number of benzene rings is 1. The lowest BCUT2D eigenvalue weighted by Gasteiger charge is -2.15. The molecule has 2 aromatic rings. The van der Waals surface area contributed by atoms with E-state index in [9.17, 15) is 18.3 Å². The number of carbonyl (C=O) groups is 1. The highest BCUT2D eigenvalue weighted by atomic mass is 32.2. The van der Waals surface area contributed by atoms with E-state index >= 15 is 0 Å². The summed E-state index contributed by atoms with van der Waals surface area (Å²) >= 11 is 0. The van der Waals surface area contributed by atoms with Crippen molar-refractivity contribution in [3.63, 3.8) is 0 Å². The van der Waals surface area contributed by atoms with Gasteiger partial charge in [0.15, 0.2) is 14.9 Å². The molecule has 2 rings (SSSR count). The maximum Gasteiger partial charge on any atom is 0.263 e. The Kier molecular flexibility index (Phi) is 9.08. The van der Waals surface area contributed by atoms with Crippen LogP contribution in [0.5, 0.6) is 17.2 Å². The number of nitrogens with one attached hydrogen (secondary N) is 2. The maximum atomic E-state index is 12.5. The van der Waals surface area contributed by atoms with Gasteiger partial charge in [0, 0.05) is 37.0 Å². The van der Waals surface area contributed by atoms with E-state index in [1.165, 1.54) is 54.7 Å². The van der Waals surface area contributed by atoms with Crippen LogP contribution in [-0.4, -0.2) is 54.9 Å². The van der Waals surface area contributed by atoms with Gasteiger partial charge in [0.25, 0.3) is 5.91 Å². The van der Waals surface area contributed by atoms with E-state index in [1.54, 1.807) is 14.0 Å². The van der Waals surface area contributed by atoms with Crippen LogP contribution in [0.2, 0.25) is 0 Å². The third-order valence-corrected chi connectivity index (χ3v) is 5.76. The molecular formula is C22H26N4O6S. The van der Waals surface area contributed by atoms with Gasteiger partial charge in [-0.1, -0.05) is 13.5 Å². The van der Waals surface area contributed by atoms with Crippen LogP contribution in [0.25, 0.3) is 0 Å². The van der Waals surface area contributed by atoms with Gasteiger partial charge in [-0.2, -0.15) is 0 Å². The van der Waals surface area contributed by atoms with E-state index in [4.69, 9.17) is 9.47 Å². The monoisotopic (exact) mass is 474 g/mol. The molecule has 0 bridgehead atoms. The molecular weight excluding hydrogens is 448 g/mol. The Balaban J connectivity index is 2.27. The first-order chi connectivity index (χ1) is 15.7. The van der Waals surface area contributed by atoms with Crippen molar-refractivity contribution in [3.8, 4) is 29.3 Å². The molecule has 10 nitrogen and oxygen atoms in total. The van der Waals surface area contributed by atoms with E-state index in [-0.39, 0.29) is 40.2 Å². The summed E-state index contributed by atoms with van der Waals surface area (Å²) in [6, 6.07) is 12.3. The third-order valence-electron chi connectivity index (χ3n) is 4.12. The number of amides is 1. The average Bonchev–Trinajstić information content (AvgIpc) is 2.81. The highest BCUT2D eigenvalue weighted by molar-refractivity contribution is 7.91. The van der Waals surface area contributed by atoms with Gasteiger partial charge in [-0.15, -0.1) is 0 Å². The summed E-state index contributed by atoms with van der Waals surface area (Å²) in [5, 5.41) is 13.1. The second-order valence-electron chi connectivity index (χ2n) is 6.75. The van der Waals surface area contributed by atoms with Crippen LogP contribution in [0.15, 0.2) is 54.3 Å². The van der Waals surface area contributed by atoms with Crippen LogP contribution in [0, 0.1) is 12.1 Å². The molecule has 1 heterocycles. The molecule has 3 N–H and O–H groups in total. The molecule has 0 saturated carbocycles.